The molecule has 0 radical (unpaired) electrons. The topological polar surface area (TPSA) is 40.5 Å². The van der Waals surface area contributed by atoms with Gasteiger partial charge in [0.15, 0.2) is 0 Å². The van der Waals surface area contributed by atoms with Gasteiger partial charge in [-0.05, 0) is 31.5 Å². The highest BCUT2D eigenvalue weighted by atomic mass is 32.1. The molecule has 1 aromatic carbocycles. The van der Waals surface area contributed by atoms with E-state index >= 15 is 0 Å². The second-order valence-electron chi connectivity index (χ2n) is 5.33. The first-order chi connectivity index (χ1) is 8.89. The average Bonchev–Trinajstić information content (AvgIpc) is 2.64. The molecule has 1 aromatic heterocycles. The smallest absolute Gasteiger partial charge is 0.264 e. The van der Waals surface area contributed by atoms with E-state index in [2.05, 4.69) is 0 Å². The Morgan fingerprint density at radius 3 is 2.74 bits per heavy atom. The number of nitrogens with zero attached hydrogens (tertiary/aromatic N) is 1. The lowest BCUT2D eigenvalue weighted by atomic mass is 9.96. The lowest BCUT2D eigenvalue weighted by Crippen LogP contribution is -2.61. The summed E-state index contributed by atoms with van der Waals surface area (Å²) in [7, 11) is 0. The SMILES string of the molecule is Cc1c(C(=O)N2CC(C)(O)C2)sc2cccc(F)c12. The highest BCUT2D eigenvalue weighted by molar-refractivity contribution is 7.21. The van der Waals surface area contributed by atoms with Gasteiger partial charge in [0.05, 0.1) is 23.6 Å². The Balaban J connectivity index is 2.00. The molecule has 0 atom stereocenters. The number of likely N-dealkylation sites (tertiary alicyclic amines) is 1. The van der Waals surface area contributed by atoms with Crippen LogP contribution >= 0.6 is 11.3 Å². The number of fused-ring (bicyclic) bond motifs is 1. The van der Waals surface area contributed by atoms with E-state index in [1.54, 1.807) is 24.8 Å². The third kappa shape index (κ3) is 1.93. The van der Waals surface area contributed by atoms with E-state index in [-0.39, 0.29) is 11.7 Å². The second kappa shape index (κ2) is 4.02. The molecule has 2 aromatic rings. The van der Waals surface area contributed by atoms with Crippen molar-refractivity contribution in [1.29, 1.82) is 0 Å². The minimum absolute atomic E-state index is 0.121. The number of amides is 1. The molecule has 1 aliphatic heterocycles. The lowest BCUT2D eigenvalue weighted by molar-refractivity contribution is -0.0667. The van der Waals surface area contributed by atoms with E-state index in [4.69, 9.17) is 0 Å². The number of carbonyl (C=O) groups is 1. The summed E-state index contributed by atoms with van der Waals surface area (Å²) < 4.78 is 14.6. The molecule has 0 bridgehead atoms. The minimum Gasteiger partial charge on any atom is -0.386 e. The zero-order chi connectivity index (χ0) is 13.8. The predicted octanol–water partition coefficient (Wildman–Crippen LogP) is 2.56. The zero-order valence-corrected chi connectivity index (χ0v) is 11.6. The first kappa shape index (κ1) is 12.6. The van der Waals surface area contributed by atoms with Crippen molar-refractivity contribution >= 4 is 27.3 Å². The van der Waals surface area contributed by atoms with Gasteiger partial charge in [-0.3, -0.25) is 4.79 Å². The Hall–Kier alpha value is -1.46. The molecule has 1 fully saturated rings. The fraction of sp³-hybridized carbons (Fsp3) is 0.357. The Labute approximate surface area is 114 Å². The van der Waals surface area contributed by atoms with E-state index in [0.29, 0.717) is 28.9 Å². The van der Waals surface area contributed by atoms with Gasteiger partial charge in [-0.1, -0.05) is 6.07 Å². The standard InChI is InChI=1S/C14H14FNO2S/c1-8-11-9(15)4-3-5-10(11)19-12(8)13(17)16-6-14(2,18)7-16/h3-5,18H,6-7H2,1-2H3. The van der Waals surface area contributed by atoms with Crippen molar-refractivity contribution in [2.24, 2.45) is 0 Å². The Morgan fingerprint density at radius 2 is 2.16 bits per heavy atom. The van der Waals surface area contributed by atoms with Crippen molar-refractivity contribution in [3.8, 4) is 0 Å². The molecule has 1 amide bonds. The normalized spacial score (nSPS) is 17.6. The summed E-state index contributed by atoms with van der Waals surface area (Å²) in [6, 6.07) is 4.88. The van der Waals surface area contributed by atoms with Gasteiger partial charge in [0, 0.05) is 10.1 Å². The van der Waals surface area contributed by atoms with E-state index in [1.807, 2.05) is 6.07 Å². The average molecular weight is 279 g/mol. The van der Waals surface area contributed by atoms with Crippen molar-refractivity contribution in [2.75, 3.05) is 13.1 Å². The number of halogens is 1. The van der Waals surface area contributed by atoms with Crippen molar-refractivity contribution in [1.82, 2.24) is 4.90 Å². The first-order valence-corrected chi connectivity index (χ1v) is 6.90. The van der Waals surface area contributed by atoms with Crippen LogP contribution in [0.1, 0.15) is 22.2 Å². The summed E-state index contributed by atoms with van der Waals surface area (Å²) >= 11 is 1.31. The van der Waals surface area contributed by atoms with Gasteiger partial charge < -0.3 is 10.0 Å². The molecule has 0 saturated carbocycles. The maximum Gasteiger partial charge on any atom is 0.264 e. The number of hydrogen-bond acceptors (Lipinski definition) is 3. The molecule has 1 saturated heterocycles. The lowest BCUT2D eigenvalue weighted by Gasteiger charge is -2.44. The molecular formula is C14H14FNO2S. The van der Waals surface area contributed by atoms with E-state index in [0.717, 1.165) is 4.70 Å². The molecule has 1 aliphatic rings. The van der Waals surface area contributed by atoms with Crippen molar-refractivity contribution in [2.45, 2.75) is 19.4 Å². The second-order valence-corrected chi connectivity index (χ2v) is 6.38. The van der Waals surface area contributed by atoms with Gasteiger partial charge in [-0.2, -0.15) is 0 Å². The van der Waals surface area contributed by atoms with Gasteiger partial charge in [0.25, 0.3) is 5.91 Å². The Bertz CT molecular complexity index is 669. The van der Waals surface area contributed by atoms with Crippen molar-refractivity contribution in [3.63, 3.8) is 0 Å². The molecule has 0 spiro atoms. The van der Waals surface area contributed by atoms with Crippen LogP contribution in [-0.2, 0) is 0 Å². The highest BCUT2D eigenvalue weighted by Crippen LogP contribution is 2.34. The van der Waals surface area contributed by atoms with Gasteiger partial charge in [0.1, 0.15) is 5.82 Å². The maximum atomic E-state index is 13.8. The third-order valence-electron chi connectivity index (χ3n) is 3.45. The monoisotopic (exact) mass is 279 g/mol. The van der Waals surface area contributed by atoms with Gasteiger partial charge >= 0.3 is 0 Å². The van der Waals surface area contributed by atoms with Crippen molar-refractivity contribution in [3.05, 3.63) is 34.5 Å². The maximum absolute atomic E-state index is 13.8. The molecular weight excluding hydrogens is 265 g/mol. The fourth-order valence-corrected chi connectivity index (χ4v) is 3.71. The van der Waals surface area contributed by atoms with E-state index in [9.17, 15) is 14.3 Å². The first-order valence-electron chi connectivity index (χ1n) is 6.08. The van der Waals surface area contributed by atoms with Gasteiger partial charge in [-0.25, -0.2) is 4.39 Å². The number of benzene rings is 1. The fourth-order valence-electron chi connectivity index (χ4n) is 2.52. The van der Waals surface area contributed by atoms with Crippen LogP contribution in [0.25, 0.3) is 10.1 Å². The summed E-state index contributed by atoms with van der Waals surface area (Å²) in [5.41, 5.74) is -0.0967. The molecule has 0 unspecified atom stereocenters. The molecule has 0 aliphatic carbocycles. The quantitative estimate of drug-likeness (QED) is 0.871. The number of aryl methyl sites for hydroxylation is 1. The molecule has 2 heterocycles. The summed E-state index contributed by atoms with van der Waals surface area (Å²) in [6.45, 7) is 4.14. The number of hydrogen-bond donors (Lipinski definition) is 1. The van der Waals surface area contributed by atoms with E-state index < -0.39 is 5.60 Å². The number of rotatable bonds is 1. The molecule has 5 heteroatoms. The van der Waals surface area contributed by atoms with Crippen LogP contribution in [0.2, 0.25) is 0 Å². The van der Waals surface area contributed by atoms with Crippen LogP contribution in [0.3, 0.4) is 0 Å². The molecule has 1 N–H and O–H groups in total. The number of thiophene rings is 1. The predicted molar refractivity (Wildman–Crippen MR) is 73.0 cm³/mol. The number of β-amino-alcohol motifs (C(OH)–C–C–N with tert-alkyl or cyclic N) is 1. The molecule has 3 nitrogen and oxygen atoms in total. The number of carbonyl (C=O) groups excluding carboxylic acids is 1. The Kier molecular flexibility index (Phi) is 2.66. The summed E-state index contributed by atoms with van der Waals surface area (Å²) in [6.07, 6.45) is 0. The van der Waals surface area contributed by atoms with Crippen LogP contribution in [0.5, 0.6) is 0 Å². The molecule has 3 rings (SSSR count). The third-order valence-corrected chi connectivity index (χ3v) is 4.69. The zero-order valence-electron chi connectivity index (χ0n) is 10.7. The van der Waals surface area contributed by atoms with Crippen LogP contribution in [-0.4, -0.2) is 34.6 Å². The van der Waals surface area contributed by atoms with Crippen LogP contribution in [0.15, 0.2) is 18.2 Å². The summed E-state index contributed by atoms with van der Waals surface area (Å²) in [4.78, 5) is 14.5. The summed E-state index contributed by atoms with van der Waals surface area (Å²) in [5.74, 6) is -0.412. The van der Waals surface area contributed by atoms with E-state index in [1.165, 1.54) is 17.4 Å². The van der Waals surface area contributed by atoms with Crippen LogP contribution < -0.4 is 0 Å². The minimum atomic E-state index is -0.786. The number of aliphatic hydroxyl groups is 1. The molecule has 19 heavy (non-hydrogen) atoms. The van der Waals surface area contributed by atoms with Crippen LogP contribution in [0.4, 0.5) is 4.39 Å². The van der Waals surface area contributed by atoms with Crippen LogP contribution in [0, 0.1) is 12.7 Å². The highest BCUT2D eigenvalue weighted by Gasteiger charge is 2.40. The van der Waals surface area contributed by atoms with Crippen molar-refractivity contribution < 1.29 is 14.3 Å². The Morgan fingerprint density at radius 1 is 1.47 bits per heavy atom. The largest absolute Gasteiger partial charge is 0.386 e. The van der Waals surface area contributed by atoms with Gasteiger partial charge in [-0.15, -0.1) is 11.3 Å². The van der Waals surface area contributed by atoms with Gasteiger partial charge in [0.2, 0.25) is 0 Å². The summed E-state index contributed by atoms with van der Waals surface area (Å²) in [5, 5.41) is 10.2. The molecule has 100 valence electrons.